The van der Waals surface area contributed by atoms with E-state index in [2.05, 4.69) is 10.1 Å². The number of hydrogen-bond donors (Lipinski definition) is 0. The van der Waals surface area contributed by atoms with E-state index in [1.807, 2.05) is 6.07 Å². The first-order chi connectivity index (χ1) is 13.2. The van der Waals surface area contributed by atoms with Crippen molar-refractivity contribution in [3.8, 4) is 23.0 Å². The topological polar surface area (TPSA) is 77.7 Å². The number of carbonyl (C=O) groups is 1. The van der Waals surface area contributed by atoms with Gasteiger partial charge in [-0.25, -0.2) is 4.39 Å². The molecule has 0 saturated carbocycles. The average molecular weight is 367 g/mol. The lowest BCUT2D eigenvalue weighted by atomic mass is 10.1. The minimum absolute atomic E-state index is 0.0315. The number of rotatable bonds is 3. The van der Waals surface area contributed by atoms with Crippen LogP contribution in [-0.2, 0) is 4.79 Å². The van der Waals surface area contributed by atoms with Crippen LogP contribution < -0.4 is 14.4 Å². The highest BCUT2D eigenvalue weighted by molar-refractivity contribution is 5.96. The zero-order valence-corrected chi connectivity index (χ0v) is 14.1. The molecule has 0 spiro atoms. The second-order valence-electron chi connectivity index (χ2n) is 6.41. The van der Waals surface area contributed by atoms with Gasteiger partial charge in [0.05, 0.1) is 0 Å². The van der Waals surface area contributed by atoms with Gasteiger partial charge < -0.3 is 18.9 Å². The molecule has 8 heteroatoms. The van der Waals surface area contributed by atoms with Crippen LogP contribution in [0.4, 0.5) is 10.1 Å². The molecule has 1 saturated heterocycles. The first kappa shape index (κ1) is 15.8. The van der Waals surface area contributed by atoms with Crippen molar-refractivity contribution >= 4 is 11.6 Å². The molecule has 0 N–H and O–H groups in total. The van der Waals surface area contributed by atoms with Crippen LogP contribution in [-0.4, -0.2) is 29.4 Å². The van der Waals surface area contributed by atoms with E-state index in [0.29, 0.717) is 29.4 Å². The van der Waals surface area contributed by atoms with Crippen molar-refractivity contribution in [3.63, 3.8) is 0 Å². The number of nitrogens with zero attached hydrogens (tertiary/aromatic N) is 3. The highest BCUT2D eigenvalue weighted by Crippen LogP contribution is 2.38. The summed E-state index contributed by atoms with van der Waals surface area (Å²) in [6, 6.07) is 11.3. The van der Waals surface area contributed by atoms with Gasteiger partial charge in [0.2, 0.25) is 12.7 Å². The third-order valence-corrected chi connectivity index (χ3v) is 4.67. The number of hydrogen-bond acceptors (Lipinski definition) is 6. The van der Waals surface area contributed by atoms with Crippen molar-refractivity contribution in [3.05, 3.63) is 54.1 Å². The van der Waals surface area contributed by atoms with E-state index in [1.165, 1.54) is 12.1 Å². The predicted molar refractivity (Wildman–Crippen MR) is 92.0 cm³/mol. The van der Waals surface area contributed by atoms with E-state index in [0.717, 1.165) is 5.69 Å². The molecule has 3 aromatic rings. The van der Waals surface area contributed by atoms with Gasteiger partial charge in [-0.2, -0.15) is 4.98 Å². The summed E-state index contributed by atoms with van der Waals surface area (Å²) in [6.07, 6.45) is 0.274. The third kappa shape index (κ3) is 2.79. The number of ether oxygens (including phenoxy) is 2. The molecule has 3 heterocycles. The summed E-state index contributed by atoms with van der Waals surface area (Å²) in [6.45, 7) is 0.613. The predicted octanol–water partition coefficient (Wildman–Crippen LogP) is 3.12. The molecule has 1 amide bonds. The Kier molecular flexibility index (Phi) is 3.56. The normalized spacial score (nSPS) is 18.3. The molecule has 0 bridgehead atoms. The fourth-order valence-electron chi connectivity index (χ4n) is 3.32. The second-order valence-corrected chi connectivity index (χ2v) is 6.41. The van der Waals surface area contributed by atoms with E-state index in [9.17, 15) is 9.18 Å². The van der Waals surface area contributed by atoms with E-state index in [-0.39, 0.29) is 36.7 Å². The smallest absolute Gasteiger partial charge is 0.258 e. The number of benzene rings is 2. The lowest BCUT2D eigenvalue weighted by Gasteiger charge is -2.16. The minimum Gasteiger partial charge on any atom is -0.454 e. The molecule has 5 rings (SSSR count). The van der Waals surface area contributed by atoms with Crippen LogP contribution in [0, 0.1) is 5.82 Å². The largest absolute Gasteiger partial charge is 0.454 e. The Hall–Kier alpha value is -3.42. The van der Waals surface area contributed by atoms with E-state index < -0.39 is 0 Å². The summed E-state index contributed by atoms with van der Waals surface area (Å²) in [5.41, 5.74) is 1.24. The van der Waals surface area contributed by atoms with E-state index in [4.69, 9.17) is 14.0 Å². The third-order valence-electron chi connectivity index (χ3n) is 4.67. The van der Waals surface area contributed by atoms with Crippen LogP contribution in [0.1, 0.15) is 18.2 Å². The Morgan fingerprint density at radius 2 is 2.00 bits per heavy atom. The lowest BCUT2D eigenvalue weighted by Crippen LogP contribution is -2.24. The molecule has 1 fully saturated rings. The van der Waals surface area contributed by atoms with Crippen LogP contribution in [0.25, 0.3) is 11.5 Å². The second kappa shape index (κ2) is 6.08. The van der Waals surface area contributed by atoms with Crippen LogP contribution in [0.15, 0.2) is 47.0 Å². The number of anilines is 1. The molecule has 136 valence electrons. The van der Waals surface area contributed by atoms with Crippen molar-refractivity contribution in [1.82, 2.24) is 10.1 Å². The Morgan fingerprint density at radius 3 is 2.89 bits per heavy atom. The molecule has 2 aliphatic heterocycles. The highest BCUT2D eigenvalue weighted by Gasteiger charge is 2.35. The maximum absolute atomic E-state index is 13.4. The zero-order valence-electron chi connectivity index (χ0n) is 14.1. The van der Waals surface area contributed by atoms with Gasteiger partial charge in [-0.05, 0) is 30.3 Å². The number of fused-ring (bicyclic) bond motifs is 1. The fraction of sp³-hybridized carbons (Fsp3) is 0.211. The van der Waals surface area contributed by atoms with Crippen molar-refractivity contribution < 1.29 is 23.2 Å². The summed E-state index contributed by atoms with van der Waals surface area (Å²) in [4.78, 5) is 18.5. The monoisotopic (exact) mass is 367 g/mol. The molecule has 2 aliphatic rings. The van der Waals surface area contributed by atoms with Gasteiger partial charge in [0.1, 0.15) is 5.82 Å². The minimum atomic E-state index is -0.378. The standard InChI is InChI=1S/C19H14FN3O4/c20-13-3-1-2-11(6-13)19-21-18(22-27-19)12-7-17(24)23(9-12)14-4-5-15-16(8-14)26-10-25-15/h1-6,8,12H,7,9-10H2. The number of aromatic nitrogens is 2. The fourth-order valence-corrected chi connectivity index (χ4v) is 3.32. The summed E-state index contributed by atoms with van der Waals surface area (Å²) in [5, 5.41) is 3.99. The van der Waals surface area contributed by atoms with Gasteiger partial charge in [0, 0.05) is 36.2 Å². The number of amides is 1. The first-order valence-corrected chi connectivity index (χ1v) is 8.47. The summed E-state index contributed by atoms with van der Waals surface area (Å²) in [5.74, 6) is 1.35. The van der Waals surface area contributed by atoms with E-state index >= 15 is 0 Å². The van der Waals surface area contributed by atoms with Crippen LogP contribution in [0.5, 0.6) is 11.5 Å². The molecular formula is C19H14FN3O4. The van der Waals surface area contributed by atoms with Crippen molar-refractivity contribution in [2.45, 2.75) is 12.3 Å². The van der Waals surface area contributed by atoms with Crippen molar-refractivity contribution in [2.75, 3.05) is 18.2 Å². The molecule has 27 heavy (non-hydrogen) atoms. The average Bonchev–Trinajstić information content (AvgIpc) is 3.40. The molecular weight excluding hydrogens is 353 g/mol. The molecule has 0 aliphatic carbocycles. The maximum Gasteiger partial charge on any atom is 0.258 e. The van der Waals surface area contributed by atoms with Crippen molar-refractivity contribution in [1.29, 1.82) is 0 Å². The summed E-state index contributed by atoms with van der Waals surface area (Å²) < 4.78 is 29.3. The van der Waals surface area contributed by atoms with Crippen LogP contribution in [0.2, 0.25) is 0 Å². The maximum atomic E-state index is 13.4. The molecule has 2 aromatic carbocycles. The van der Waals surface area contributed by atoms with Gasteiger partial charge in [-0.3, -0.25) is 4.79 Å². The first-order valence-electron chi connectivity index (χ1n) is 8.47. The van der Waals surface area contributed by atoms with Crippen LogP contribution in [0.3, 0.4) is 0 Å². The van der Waals surface area contributed by atoms with Crippen molar-refractivity contribution in [2.24, 2.45) is 0 Å². The van der Waals surface area contributed by atoms with Gasteiger partial charge in [0.15, 0.2) is 17.3 Å². The Morgan fingerprint density at radius 1 is 1.11 bits per heavy atom. The quantitative estimate of drug-likeness (QED) is 0.708. The highest BCUT2D eigenvalue weighted by atomic mass is 19.1. The molecule has 1 atom stereocenters. The number of halogens is 1. The molecule has 7 nitrogen and oxygen atoms in total. The van der Waals surface area contributed by atoms with Gasteiger partial charge in [-0.1, -0.05) is 11.2 Å². The molecule has 1 unspecified atom stereocenters. The zero-order chi connectivity index (χ0) is 18.4. The Balaban J connectivity index is 1.38. The number of carbonyl (C=O) groups excluding carboxylic acids is 1. The molecule has 0 radical (unpaired) electrons. The van der Waals surface area contributed by atoms with Gasteiger partial charge in [0.25, 0.3) is 5.89 Å². The lowest BCUT2D eigenvalue weighted by molar-refractivity contribution is -0.117. The summed E-state index contributed by atoms with van der Waals surface area (Å²) >= 11 is 0. The van der Waals surface area contributed by atoms with Gasteiger partial charge >= 0.3 is 0 Å². The Labute approximate surface area is 153 Å². The van der Waals surface area contributed by atoms with E-state index in [1.54, 1.807) is 29.2 Å². The van der Waals surface area contributed by atoms with Crippen LogP contribution >= 0.6 is 0 Å². The van der Waals surface area contributed by atoms with Gasteiger partial charge in [-0.15, -0.1) is 0 Å². The SMILES string of the molecule is O=C1CC(c2noc(-c3cccc(F)c3)n2)CN1c1ccc2c(c1)OCO2. The Bertz CT molecular complexity index is 1040. The molecule has 1 aromatic heterocycles. The summed E-state index contributed by atoms with van der Waals surface area (Å²) in [7, 11) is 0.